The summed E-state index contributed by atoms with van der Waals surface area (Å²) in [7, 11) is -3.87. The van der Waals surface area contributed by atoms with Crippen molar-refractivity contribution in [1.29, 1.82) is 0 Å². The molecule has 28 heavy (non-hydrogen) atoms. The number of hydrogen-bond donors (Lipinski definition) is 1. The molecule has 2 aromatic carbocycles. The molecule has 0 aliphatic heterocycles. The van der Waals surface area contributed by atoms with Crippen molar-refractivity contribution < 1.29 is 13.2 Å². The fourth-order valence-electron chi connectivity index (χ4n) is 2.59. The molecule has 0 saturated heterocycles. The average molecular weight is 421 g/mol. The van der Waals surface area contributed by atoms with Crippen LogP contribution in [-0.2, 0) is 14.8 Å². The fraction of sp³-hybridized carbons (Fsp3) is 0.381. The average Bonchev–Trinajstić information content (AvgIpc) is 2.66. The lowest BCUT2D eigenvalue weighted by Gasteiger charge is -2.24. The third-order valence-corrected chi connectivity index (χ3v) is 6.83. The summed E-state index contributed by atoms with van der Waals surface area (Å²) in [5.41, 5.74) is 1.49. The second kappa shape index (κ2) is 9.98. The zero-order valence-corrected chi connectivity index (χ0v) is 18.4. The monoisotopic (exact) mass is 420 g/mol. The Hall–Kier alpha value is -1.99. The molecular formula is C21H28N2O3S2. The highest BCUT2D eigenvalue weighted by Gasteiger charge is 2.27. The predicted molar refractivity (Wildman–Crippen MR) is 116 cm³/mol. The Bertz CT molecular complexity index is 877. The molecule has 1 amide bonds. The molecule has 0 saturated carbocycles. The molecule has 1 N–H and O–H groups in total. The Morgan fingerprint density at radius 3 is 2.21 bits per heavy atom. The lowest BCUT2D eigenvalue weighted by Crippen LogP contribution is -2.41. The third kappa shape index (κ3) is 6.01. The molecule has 0 aliphatic rings. The van der Waals surface area contributed by atoms with Gasteiger partial charge in [0.2, 0.25) is 5.91 Å². The second-order valence-electron chi connectivity index (χ2n) is 7.06. The minimum absolute atomic E-state index is 0.167. The molecule has 0 bridgehead atoms. The summed E-state index contributed by atoms with van der Waals surface area (Å²) in [4.78, 5) is 13.6. The molecule has 0 aromatic heterocycles. The Morgan fingerprint density at radius 1 is 1.07 bits per heavy atom. The van der Waals surface area contributed by atoms with Gasteiger partial charge in [-0.2, -0.15) is 0 Å². The topological polar surface area (TPSA) is 66.5 Å². The number of thioether (sulfide) groups is 1. The van der Waals surface area contributed by atoms with Gasteiger partial charge in [0.1, 0.15) is 6.54 Å². The molecule has 0 fully saturated rings. The normalized spacial score (nSPS) is 11.5. The predicted octanol–water partition coefficient (Wildman–Crippen LogP) is 4.07. The van der Waals surface area contributed by atoms with Crippen LogP contribution in [0.2, 0.25) is 0 Å². The number of rotatable bonds is 9. The first-order chi connectivity index (χ1) is 13.2. The van der Waals surface area contributed by atoms with Crippen molar-refractivity contribution in [2.75, 3.05) is 23.7 Å². The van der Waals surface area contributed by atoms with E-state index in [1.54, 1.807) is 48.2 Å². The molecular weight excluding hydrogens is 392 g/mol. The highest BCUT2D eigenvalue weighted by atomic mass is 32.2. The quantitative estimate of drug-likeness (QED) is 0.621. The van der Waals surface area contributed by atoms with E-state index in [1.807, 2.05) is 25.3 Å². The molecule has 7 heteroatoms. The van der Waals surface area contributed by atoms with Crippen LogP contribution >= 0.6 is 11.8 Å². The van der Waals surface area contributed by atoms with Gasteiger partial charge >= 0.3 is 0 Å². The fourth-order valence-corrected chi connectivity index (χ4v) is 4.42. The molecule has 0 unspecified atom stereocenters. The number of benzene rings is 2. The minimum Gasteiger partial charge on any atom is -0.355 e. The molecule has 0 radical (unpaired) electrons. The van der Waals surface area contributed by atoms with Gasteiger partial charge in [0.05, 0.1) is 10.6 Å². The van der Waals surface area contributed by atoms with Crippen LogP contribution in [0.15, 0.2) is 58.3 Å². The summed E-state index contributed by atoms with van der Waals surface area (Å²) in [5.74, 6) is 0.151. The Balaban J connectivity index is 2.31. The van der Waals surface area contributed by atoms with Crippen molar-refractivity contribution in [2.24, 2.45) is 5.92 Å². The lowest BCUT2D eigenvalue weighted by atomic mass is 10.1. The number of hydrogen-bond acceptors (Lipinski definition) is 4. The summed E-state index contributed by atoms with van der Waals surface area (Å²) in [5, 5.41) is 2.82. The van der Waals surface area contributed by atoms with Crippen molar-refractivity contribution in [1.82, 2.24) is 5.32 Å². The zero-order valence-electron chi connectivity index (χ0n) is 16.8. The van der Waals surface area contributed by atoms with Crippen molar-refractivity contribution >= 4 is 33.4 Å². The summed E-state index contributed by atoms with van der Waals surface area (Å²) >= 11 is 1.54. The first-order valence-corrected chi connectivity index (χ1v) is 11.9. The number of amides is 1. The van der Waals surface area contributed by atoms with Gasteiger partial charge < -0.3 is 5.32 Å². The van der Waals surface area contributed by atoms with Gasteiger partial charge in [0.25, 0.3) is 10.0 Å². The Labute approximate surface area is 172 Å². The van der Waals surface area contributed by atoms with E-state index in [9.17, 15) is 13.2 Å². The first kappa shape index (κ1) is 22.3. The van der Waals surface area contributed by atoms with Gasteiger partial charge in [-0.05, 0) is 61.9 Å². The van der Waals surface area contributed by atoms with E-state index in [1.165, 1.54) is 4.31 Å². The van der Waals surface area contributed by atoms with E-state index in [2.05, 4.69) is 19.2 Å². The van der Waals surface area contributed by atoms with Crippen LogP contribution in [0.5, 0.6) is 0 Å². The first-order valence-electron chi connectivity index (χ1n) is 9.24. The van der Waals surface area contributed by atoms with E-state index in [-0.39, 0.29) is 17.3 Å². The van der Waals surface area contributed by atoms with Crippen molar-refractivity contribution in [3.8, 4) is 0 Å². The number of aryl methyl sites for hydroxylation is 1. The summed E-state index contributed by atoms with van der Waals surface area (Å²) < 4.78 is 27.7. The van der Waals surface area contributed by atoms with Crippen molar-refractivity contribution in [3.63, 3.8) is 0 Å². The van der Waals surface area contributed by atoms with Crippen LogP contribution in [0.4, 0.5) is 5.69 Å². The van der Waals surface area contributed by atoms with E-state index < -0.39 is 10.0 Å². The van der Waals surface area contributed by atoms with Crippen LogP contribution in [0, 0.1) is 12.8 Å². The number of carbonyl (C=O) groups is 1. The van der Waals surface area contributed by atoms with Gasteiger partial charge in [-0.3, -0.25) is 9.10 Å². The number of nitrogens with zero attached hydrogens (tertiary/aromatic N) is 1. The van der Waals surface area contributed by atoms with Gasteiger partial charge in [0.15, 0.2) is 0 Å². The summed E-state index contributed by atoms with van der Waals surface area (Å²) in [6, 6.07) is 13.8. The van der Waals surface area contributed by atoms with Crippen LogP contribution in [-0.4, -0.2) is 33.7 Å². The number of sulfonamides is 1. The SMILES string of the molecule is CSc1ccc(S(=O)(=O)N(CC(=O)NCCC(C)C)c2ccc(C)cc2)cc1. The smallest absolute Gasteiger partial charge is 0.264 e. The molecule has 0 atom stereocenters. The Kier molecular flexibility index (Phi) is 7.95. The van der Waals surface area contributed by atoms with Crippen LogP contribution in [0.1, 0.15) is 25.8 Å². The number of carbonyl (C=O) groups excluding carboxylic acids is 1. The molecule has 0 aliphatic carbocycles. The highest BCUT2D eigenvalue weighted by Crippen LogP contribution is 2.25. The number of nitrogens with one attached hydrogen (secondary N) is 1. The third-order valence-electron chi connectivity index (χ3n) is 4.30. The van der Waals surface area contributed by atoms with Gasteiger partial charge in [0, 0.05) is 11.4 Å². The Morgan fingerprint density at radius 2 is 1.68 bits per heavy atom. The van der Waals surface area contributed by atoms with Crippen LogP contribution in [0.25, 0.3) is 0 Å². The maximum atomic E-state index is 13.3. The zero-order chi connectivity index (χ0) is 20.7. The molecule has 0 heterocycles. The summed E-state index contributed by atoms with van der Waals surface area (Å²) in [6.07, 6.45) is 2.78. The van der Waals surface area contributed by atoms with Crippen LogP contribution < -0.4 is 9.62 Å². The molecule has 2 rings (SSSR count). The van der Waals surface area contributed by atoms with E-state index in [0.717, 1.165) is 16.9 Å². The van der Waals surface area contributed by atoms with Gasteiger partial charge in [-0.15, -0.1) is 11.8 Å². The second-order valence-corrected chi connectivity index (χ2v) is 9.80. The van der Waals surface area contributed by atoms with Gasteiger partial charge in [-0.25, -0.2) is 8.42 Å². The maximum absolute atomic E-state index is 13.3. The number of anilines is 1. The van der Waals surface area contributed by atoms with Gasteiger partial charge in [-0.1, -0.05) is 31.5 Å². The van der Waals surface area contributed by atoms with E-state index in [0.29, 0.717) is 18.2 Å². The van der Waals surface area contributed by atoms with Crippen molar-refractivity contribution in [3.05, 3.63) is 54.1 Å². The highest BCUT2D eigenvalue weighted by molar-refractivity contribution is 7.98. The van der Waals surface area contributed by atoms with Crippen molar-refractivity contribution in [2.45, 2.75) is 37.0 Å². The van der Waals surface area contributed by atoms with Crippen LogP contribution in [0.3, 0.4) is 0 Å². The lowest BCUT2D eigenvalue weighted by molar-refractivity contribution is -0.119. The molecule has 2 aromatic rings. The van der Waals surface area contributed by atoms with E-state index in [4.69, 9.17) is 0 Å². The molecule has 0 spiro atoms. The molecule has 5 nitrogen and oxygen atoms in total. The van der Waals surface area contributed by atoms with E-state index >= 15 is 0 Å². The largest absolute Gasteiger partial charge is 0.355 e. The maximum Gasteiger partial charge on any atom is 0.264 e. The minimum atomic E-state index is -3.87. The molecule has 152 valence electrons. The standard InChI is InChI=1S/C21H28N2O3S2/c1-16(2)13-14-22-21(24)15-23(18-7-5-17(3)6-8-18)28(25,26)20-11-9-19(27-4)10-12-20/h5-12,16H,13-15H2,1-4H3,(H,22,24). The summed E-state index contributed by atoms with van der Waals surface area (Å²) in [6.45, 7) is 6.36.